The van der Waals surface area contributed by atoms with Gasteiger partial charge in [-0.3, -0.25) is 4.98 Å². The Labute approximate surface area is 96.3 Å². The van der Waals surface area contributed by atoms with Crippen molar-refractivity contribution in [3.63, 3.8) is 0 Å². The summed E-state index contributed by atoms with van der Waals surface area (Å²) in [5, 5.41) is 0.309. The Bertz CT molecular complexity index is 716. The van der Waals surface area contributed by atoms with Crippen LogP contribution in [0.25, 0.3) is 10.9 Å². The highest BCUT2D eigenvalue weighted by Gasteiger charge is 2.02. The summed E-state index contributed by atoms with van der Waals surface area (Å²) in [6, 6.07) is 4.93. The number of fused-ring (bicyclic) bond motifs is 1. The Kier molecular flexibility index (Phi) is 3.08. The Morgan fingerprint density at radius 3 is 2.94 bits per heavy atom. The molecular formula is C12H10N2O3. The minimum atomic E-state index is -0.760. The van der Waals surface area contributed by atoms with Crippen LogP contribution in [0.15, 0.2) is 32.2 Å². The fourth-order valence-electron chi connectivity index (χ4n) is 1.41. The van der Waals surface area contributed by atoms with Crippen LogP contribution in [0.4, 0.5) is 0 Å². The molecule has 0 aliphatic carbocycles. The van der Waals surface area contributed by atoms with Gasteiger partial charge in [0, 0.05) is 18.5 Å². The van der Waals surface area contributed by atoms with Gasteiger partial charge < -0.3 is 10.2 Å². The average Bonchev–Trinajstić information content (AvgIpc) is 2.30. The monoisotopic (exact) mass is 230 g/mol. The fraction of sp³-hybridized carbons (Fsp3) is 0.167. The molecule has 1 aromatic carbocycles. The summed E-state index contributed by atoms with van der Waals surface area (Å²) in [6.45, 7) is 0.496. The summed E-state index contributed by atoms with van der Waals surface area (Å²) in [6.07, 6.45) is 0.596. The SMILES string of the molecule is NCCC#Cc1ccc2[nH]c(=O)oc(=O)c2c1. The molecule has 2 aromatic rings. The highest BCUT2D eigenvalue weighted by Crippen LogP contribution is 2.07. The van der Waals surface area contributed by atoms with Crippen molar-refractivity contribution in [1.29, 1.82) is 0 Å². The number of aromatic nitrogens is 1. The van der Waals surface area contributed by atoms with Crippen LogP contribution in [0.2, 0.25) is 0 Å². The maximum Gasteiger partial charge on any atom is 0.419 e. The Hall–Kier alpha value is -2.32. The van der Waals surface area contributed by atoms with E-state index in [2.05, 4.69) is 21.2 Å². The second-order valence-electron chi connectivity index (χ2n) is 3.40. The standard InChI is InChI=1S/C12H10N2O3/c13-6-2-1-3-8-4-5-10-9(7-8)11(15)17-12(16)14-10/h4-5,7H,2,6,13H2,(H,14,16). The molecule has 5 nitrogen and oxygen atoms in total. The van der Waals surface area contributed by atoms with Gasteiger partial charge in [-0.05, 0) is 18.2 Å². The molecule has 0 bridgehead atoms. The van der Waals surface area contributed by atoms with Crippen molar-refractivity contribution in [1.82, 2.24) is 4.98 Å². The topological polar surface area (TPSA) is 89.1 Å². The second-order valence-corrected chi connectivity index (χ2v) is 3.40. The lowest BCUT2D eigenvalue weighted by atomic mass is 10.1. The van der Waals surface area contributed by atoms with Crippen LogP contribution in [0.1, 0.15) is 12.0 Å². The molecule has 0 fully saturated rings. The van der Waals surface area contributed by atoms with Crippen molar-refractivity contribution >= 4 is 10.9 Å². The third-order valence-corrected chi connectivity index (χ3v) is 2.16. The first-order chi connectivity index (χ1) is 8.20. The van der Waals surface area contributed by atoms with E-state index in [0.29, 0.717) is 29.4 Å². The molecule has 0 unspecified atom stereocenters. The lowest BCUT2D eigenvalue weighted by molar-refractivity contribution is 0.460. The molecule has 5 heteroatoms. The average molecular weight is 230 g/mol. The third kappa shape index (κ3) is 2.44. The predicted octanol–water partition coefficient (Wildman–Crippen LogP) is 0.182. The van der Waals surface area contributed by atoms with Gasteiger partial charge in [0.25, 0.3) is 0 Å². The highest BCUT2D eigenvalue weighted by atomic mass is 16.4. The smallest absolute Gasteiger partial charge is 0.372 e. The van der Waals surface area contributed by atoms with Gasteiger partial charge >= 0.3 is 11.4 Å². The Balaban J connectivity index is 2.56. The lowest BCUT2D eigenvalue weighted by Gasteiger charge is -1.95. The van der Waals surface area contributed by atoms with E-state index >= 15 is 0 Å². The first kappa shape index (κ1) is 11.2. The van der Waals surface area contributed by atoms with Gasteiger partial charge in [0.15, 0.2) is 0 Å². The number of nitrogens with one attached hydrogen (secondary N) is 1. The van der Waals surface area contributed by atoms with Crippen LogP contribution < -0.4 is 17.1 Å². The minimum absolute atomic E-state index is 0.309. The summed E-state index contributed by atoms with van der Waals surface area (Å²) >= 11 is 0. The first-order valence-electron chi connectivity index (χ1n) is 5.07. The Morgan fingerprint density at radius 2 is 2.18 bits per heavy atom. The van der Waals surface area contributed by atoms with Crippen molar-refractivity contribution in [3.05, 3.63) is 44.7 Å². The minimum Gasteiger partial charge on any atom is -0.372 e. The molecule has 0 aliphatic heterocycles. The Morgan fingerprint density at radius 1 is 1.35 bits per heavy atom. The molecule has 0 saturated heterocycles. The van der Waals surface area contributed by atoms with E-state index in [-0.39, 0.29) is 0 Å². The predicted molar refractivity (Wildman–Crippen MR) is 63.7 cm³/mol. The second kappa shape index (κ2) is 4.68. The van der Waals surface area contributed by atoms with Gasteiger partial charge in [0.2, 0.25) is 0 Å². The molecule has 0 amide bonds. The van der Waals surface area contributed by atoms with E-state index in [1.165, 1.54) is 0 Å². The molecule has 3 N–H and O–H groups in total. The van der Waals surface area contributed by atoms with Crippen LogP contribution in [-0.2, 0) is 0 Å². The number of H-pyrrole nitrogens is 1. The molecule has 2 rings (SSSR count). The fourth-order valence-corrected chi connectivity index (χ4v) is 1.41. The number of rotatable bonds is 1. The molecule has 0 saturated carbocycles. The van der Waals surface area contributed by atoms with Crippen molar-refractivity contribution < 1.29 is 4.42 Å². The van der Waals surface area contributed by atoms with Gasteiger partial charge in [0.05, 0.1) is 10.9 Å². The largest absolute Gasteiger partial charge is 0.419 e. The van der Waals surface area contributed by atoms with Crippen molar-refractivity contribution in [2.45, 2.75) is 6.42 Å². The van der Waals surface area contributed by atoms with Gasteiger partial charge in [0.1, 0.15) is 0 Å². The van der Waals surface area contributed by atoms with Crippen LogP contribution >= 0.6 is 0 Å². The number of hydrogen-bond donors (Lipinski definition) is 2. The number of hydrogen-bond acceptors (Lipinski definition) is 4. The van der Waals surface area contributed by atoms with E-state index in [1.807, 2.05) is 0 Å². The molecule has 0 radical (unpaired) electrons. The number of aromatic amines is 1. The zero-order valence-electron chi connectivity index (χ0n) is 8.95. The van der Waals surface area contributed by atoms with E-state index in [4.69, 9.17) is 5.73 Å². The highest BCUT2D eigenvalue weighted by molar-refractivity contribution is 5.78. The lowest BCUT2D eigenvalue weighted by Crippen LogP contribution is -2.14. The van der Waals surface area contributed by atoms with Crippen LogP contribution in [0.3, 0.4) is 0 Å². The quantitative estimate of drug-likeness (QED) is 0.684. The van der Waals surface area contributed by atoms with Crippen LogP contribution in [0.5, 0.6) is 0 Å². The van der Waals surface area contributed by atoms with Gasteiger partial charge in [-0.2, -0.15) is 0 Å². The molecule has 0 aliphatic rings. The van der Waals surface area contributed by atoms with Crippen molar-refractivity contribution in [2.24, 2.45) is 5.73 Å². The normalized spacial score (nSPS) is 9.94. The van der Waals surface area contributed by atoms with E-state index in [0.717, 1.165) is 0 Å². The van der Waals surface area contributed by atoms with E-state index in [1.54, 1.807) is 18.2 Å². The molecule has 0 spiro atoms. The summed E-state index contributed by atoms with van der Waals surface area (Å²) in [7, 11) is 0. The zero-order valence-corrected chi connectivity index (χ0v) is 8.95. The molecule has 0 atom stereocenters. The molecule has 86 valence electrons. The van der Waals surface area contributed by atoms with Gasteiger partial charge in [-0.15, -0.1) is 0 Å². The van der Waals surface area contributed by atoms with Crippen molar-refractivity contribution in [3.8, 4) is 11.8 Å². The first-order valence-corrected chi connectivity index (χ1v) is 5.07. The molecule has 17 heavy (non-hydrogen) atoms. The zero-order chi connectivity index (χ0) is 12.3. The van der Waals surface area contributed by atoms with Gasteiger partial charge in [-0.1, -0.05) is 11.8 Å². The van der Waals surface area contributed by atoms with E-state index in [9.17, 15) is 9.59 Å². The summed E-state index contributed by atoms with van der Waals surface area (Å²) in [5.41, 5.74) is 5.78. The molecule has 1 aromatic heterocycles. The summed E-state index contributed by atoms with van der Waals surface area (Å²) < 4.78 is 4.44. The maximum atomic E-state index is 11.4. The summed E-state index contributed by atoms with van der Waals surface area (Å²) in [4.78, 5) is 24.8. The van der Waals surface area contributed by atoms with Crippen molar-refractivity contribution in [2.75, 3.05) is 6.54 Å². The number of nitrogens with two attached hydrogens (primary N) is 1. The van der Waals surface area contributed by atoms with Crippen LogP contribution in [-0.4, -0.2) is 11.5 Å². The maximum absolute atomic E-state index is 11.4. The number of benzene rings is 1. The molecule has 1 heterocycles. The third-order valence-electron chi connectivity index (χ3n) is 2.16. The van der Waals surface area contributed by atoms with Gasteiger partial charge in [-0.25, -0.2) is 9.59 Å². The van der Waals surface area contributed by atoms with Crippen LogP contribution in [0, 0.1) is 11.8 Å². The molecular weight excluding hydrogens is 220 g/mol. The van der Waals surface area contributed by atoms with E-state index < -0.39 is 11.4 Å². The summed E-state index contributed by atoms with van der Waals surface area (Å²) in [5.74, 6) is 4.98.